The van der Waals surface area contributed by atoms with Gasteiger partial charge >= 0.3 is 0 Å². The van der Waals surface area contributed by atoms with Gasteiger partial charge in [0, 0.05) is 6.07 Å². The maximum Gasteiger partial charge on any atom is 0.178 e. The zero-order chi connectivity index (χ0) is 13.6. The number of H-pyrrole nitrogens is 1. The van der Waals surface area contributed by atoms with Crippen molar-refractivity contribution in [3.8, 4) is 0 Å². The van der Waals surface area contributed by atoms with Crippen LogP contribution in [-0.4, -0.2) is 20.8 Å². The van der Waals surface area contributed by atoms with Gasteiger partial charge in [-0.05, 0) is 31.1 Å². The molecule has 0 saturated heterocycles. The second-order valence-corrected chi connectivity index (χ2v) is 5.80. The average Bonchev–Trinajstić information content (AvgIpc) is 2.66. The number of aromatic amines is 1. The van der Waals surface area contributed by atoms with Crippen molar-refractivity contribution in [1.29, 1.82) is 0 Å². The highest BCUT2D eigenvalue weighted by Gasteiger charge is 2.26. The number of aliphatic hydroxyl groups excluding tert-OH is 1. The third-order valence-corrected chi connectivity index (χ3v) is 4.37. The Bertz CT molecular complexity index is 681. The largest absolute Gasteiger partial charge is 0.391 e. The molecule has 1 aromatic heterocycles. The number of aliphatic hydroxyl groups is 1. The van der Waals surface area contributed by atoms with E-state index in [1.54, 1.807) is 6.07 Å². The number of aromatic nitrogens is 2. The molecule has 0 bridgehead atoms. The molecule has 1 fully saturated rings. The monoisotopic (exact) mass is 300 g/mol. The predicted octanol–water partition coefficient (Wildman–Crippen LogP) is 3.97. The lowest BCUT2D eigenvalue weighted by atomic mass is 9.92. The van der Waals surface area contributed by atoms with E-state index in [0.717, 1.165) is 31.2 Å². The molecule has 2 unspecified atom stereocenters. The Labute approximate surface area is 120 Å². The van der Waals surface area contributed by atoms with Crippen LogP contribution in [0.4, 0.5) is 4.39 Å². The van der Waals surface area contributed by atoms with Crippen LogP contribution in [0.2, 0.25) is 5.02 Å². The number of halogens is 2. The van der Waals surface area contributed by atoms with Gasteiger partial charge in [0.2, 0.25) is 0 Å². The van der Waals surface area contributed by atoms with E-state index in [1.165, 1.54) is 6.07 Å². The first-order valence-electron chi connectivity index (χ1n) is 6.35. The highest BCUT2D eigenvalue weighted by atomic mass is 35.5. The molecule has 0 amide bonds. The molecule has 0 radical (unpaired) electrons. The summed E-state index contributed by atoms with van der Waals surface area (Å²) in [6.07, 6.45) is 3.32. The molecule has 19 heavy (non-hydrogen) atoms. The van der Waals surface area contributed by atoms with Crippen LogP contribution in [0.3, 0.4) is 0 Å². The Kier molecular flexibility index (Phi) is 3.37. The van der Waals surface area contributed by atoms with E-state index in [4.69, 9.17) is 23.8 Å². The van der Waals surface area contributed by atoms with Gasteiger partial charge in [-0.3, -0.25) is 0 Å². The van der Waals surface area contributed by atoms with Gasteiger partial charge < -0.3 is 14.7 Å². The van der Waals surface area contributed by atoms with Crippen molar-refractivity contribution in [1.82, 2.24) is 9.55 Å². The number of nitrogens with one attached hydrogen (secondary N) is 1. The lowest BCUT2D eigenvalue weighted by Gasteiger charge is -2.29. The van der Waals surface area contributed by atoms with Gasteiger partial charge in [0.1, 0.15) is 5.82 Å². The Morgan fingerprint density at radius 3 is 2.84 bits per heavy atom. The molecule has 3 nitrogen and oxygen atoms in total. The van der Waals surface area contributed by atoms with Crippen molar-refractivity contribution in [2.45, 2.75) is 37.8 Å². The van der Waals surface area contributed by atoms with Gasteiger partial charge in [-0.25, -0.2) is 4.39 Å². The molecule has 1 aliphatic carbocycles. The van der Waals surface area contributed by atoms with Crippen LogP contribution in [-0.2, 0) is 0 Å². The first-order valence-corrected chi connectivity index (χ1v) is 7.14. The summed E-state index contributed by atoms with van der Waals surface area (Å²) in [5.41, 5.74) is 1.37. The number of fused-ring (bicyclic) bond motifs is 1. The summed E-state index contributed by atoms with van der Waals surface area (Å²) in [5.74, 6) is -0.471. The van der Waals surface area contributed by atoms with Gasteiger partial charge in [0.25, 0.3) is 0 Å². The predicted molar refractivity (Wildman–Crippen MR) is 75.6 cm³/mol. The normalized spacial score (nSPS) is 23.9. The van der Waals surface area contributed by atoms with Crippen LogP contribution in [0.15, 0.2) is 12.1 Å². The molecule has 2 N–H and O–H groups in total. The SMILES string of the molecule is OC1CCCCC1n1c(=S)[nH]c2cc(F)c(Cl)cc21. The van der Waals surface area contributed by atoms with Crippen LogP contribution in [0.5, 0.6) is 0 Å². The summed E-state index contributed by atoms with van der Waals surface area (Å²) in [7, 11) is 0. The van der Waals surface area contributed by atoms with Crippen molar-refractivity contribution in [2.24, 2.45) is 0 Å². The lowest BCUT2D eigenvalue weighted by molar-refractivity contribution is 0.0767. The zero-order valence-electron chi connectivity index (χ0n) is 10.2. The van der Waals surface area contributed by atoms with E-state index >= 15 is 0 Å². The van der Waals surface area contributed by atoms with Crippen LogP contribution in [0.1, 0.15) is 31.7 Å². The number of rotatable bonds is 1. The van der Waals surface area contributed by atoms with Gasteiger partial charge in [-0.1, -0.05) is 24.4 Å². The van der Waals surface area contributed by atoms with Gasteiger partial charge in [0.05, 0.1) is 28.2 Å². The molecule has 2 aromatic rings. The second kappa shape index (κ2) is 4.89. The summed E-state index contributed by atoms with van der Waals surface area (Å²) >= 11 is 11.1. The summed E-state index contributed by atoms with van der Waals surface area (Å²) in [6.45, 7) is 0. The first kappa shape index (κ1) is 13.1. The van der Waals surface area contributed by atoms with Crippen molar-refractivity contribution in [3.63, 3.8) is 0 Å². The summed E-state index contributed by atoms with van der Waals surface area (Å²) in [6, 6.07) is 2.86. The van der Waals surface area contributed by atoms with Gasteiger partial charge in [-0.2, -0.15) is 0 Å². The maximum absolute atomic E-state index is 13.5. The maximum atomic E-state index is 13.5. The van der Waals surface area contributed by atoms with Crippen LogP contribution >= 0.6 is 23.8 Å². The summed E-state index contributed by atoms with van der Waals surface area (Å²) in [4.78, 5) is 2.98. The second-order valence-electron chi connectivity index (χ2n) is 5.00. The number of nitrogens with zero attached hydrogens (tertiary/aromatic N) is 1. The van der Waals surface area contributed by atoms with Crippen molar-refractivity contribution in [3.05, 3.63) is 27.7 Å². The number of benzene rings is 1. The minimum absolute atomic E-state index is 0.0588. The highest BCUT2D eigenvalue weighted by Crippen LogP contribution is 2.33. The Hall–Kier alpha value is -0.910. The van der Waals surface area contributed by atoms with E-state index < -0.39 is 11.9 Å². The van der Waals surface area contributed by atoms with Gasteiger partial charge in [-0.15, -0.1) is 0 Å². The Morgan fingerprint density at radius 2 is 2.11 bits per heavy atom. The molecule has 1 heterocycles. The molecule has 102 valence electrons. The smallest absolute Gasteiger partial charge is 0.178 e. The Morgan fingerprint density at radius 1 is 1.37 bits per heavy atom. The average molecular weight is 301 g/mol. The number of hydrogen-bond donors (Lipinski definition) is 2. The fourth-order valence-corrected chi connectivity index (χ4v) is 3.34. The number of imidazole rings is 1. The standard InChI is InChI=1S/C13H14ClFN2OS/c14-7-5-11-9(6-8(7)15)16-13(19)17(11)10-3-1-2-4-12(10)18/h5-6,10,12,18H,1-4H2,(H,16,19). The molecule has 1 aliphatic rings. The van der Waals surface area contributed by atoms with E-state index in [-0.39, 0.29) is 11.1 Å². The van der Waals surface area contributed by atoms with E-state index in [1.807, 2.05) is 4.57 Å². The van der Waals surface area contributed by atoms with Crippen LogP contribution in [0, 0.1) is 10.6 Å². The molecule has 0 aliphatic heterocycles. The first-order chi connectivity index (χ1) is 9.08. The van der Waals surface area contributed by atoms with E-state index in [0.29, 0.717) is 10.3 Å². The van der Waals surface area contributed by atoms with Crippen LogP contribution in [0.25, 0.3) is 11.0 Å². The molecule has 1 saturated carbocycles. The zero-order valence-corrected chi connectivity index (χ0v) is 11.8. The molecule has 1 aromatic carbocycles. The summed E-state index contributed by atoms with van der Waals surface area (Å²) in [5, 5.41) is 10.2. The molecule has 3 rings (SSSR count). The van der Waals surface area contributed by atoms with Crippen molar-refractivity contribution < 1.29 is 9.50 Å². The molecular formula is C13H14ClFN2OS. The topological polar surface area (TPSA) is 41.0 Å². The van der Waals surface area contributed by atoms with Crippen molar-refractivity contribution in [2.75, 3.05) is 0 Å². The fraction of sp³-hybridized carbons (Fsp3) is 0.462. The van der Waals surface area contributed by atoms with Crippen molar-refractivity contribution >= 4 is 34.9 Å². The van der Waals surface area contributed by atoms with Crippen LogP contribution < -0.4 is 0 Å². The van der Waals surface area contributed by atoms with E-state index in [2.05, 4.69) is 4.98 Å². The summed E-state index contributed by atoms with van der Waals surface area (Å²) < 4.78 is 15.8. The van der Waals surface area contributed by atoms with Gasteiger partial charge in [0.15, 0.2) is 4.77 Å². The third-order valence-electron chi connectivity index (χ3n) is 3.78. The molecule has 2 atom stereocenters. The minimum atomic E-state index is -0.471. The highest BCUT2D eigenvalue weighted by molar-refractivity contribution is 7.71. The lowest BCUT2D eigenvalue weighted by Crippen LogP contribution is -2.27. The minimum Gasteiger partial charge on any atom is -0.391 e. The van der Waals surface area contributed by atoms with E-state index in [9.17, 15) is 9.50 Å². The Balaban J connectivity index is 2.19. The third kappa shape index (κ3) is 2.20. The molecule has 0 spiro atoms. The fourth-order valence-electron chi connectivity index (χ4n) is 2.84. The molecule has 6 heteroatoms. The number of hydrogen-bond acceptors (Lipinski definition) is 2. The quantitative estimate of drug-likeness (QED) is 0.783. The molecular weight excluding hydrogens is 287 g/mol.